The van der Waals surface area contributed by atoms with Crippen LogP contribution in [0.3, 0.4) is 0 Å². The van der Waals surface area contributed by atoms with Crippen LogP contribution in [-0.2, 0) is 6.42 Å². The van der Waals surface area contributed by atoms with Crippen molar-refractivity contribution in [2.24, 2.45) is 0 Å². The van der Waals surface area contributed by atoms with Gasteiger partial charge in [-0.25, -0.2) is 9.78 Å². The first-order valence-corrected chi connectivity index (χ1v) is 5.42. The van der Waals surface area contributed by atoms with Crippen LogP contribution in [0.1, 0.15) is 5.56 Å². The first-order valence-electron chi connectivity index (χ1n) is 4.54. The molecule has 0 unspecified atom stereocenters. The summed E-state index contributed by atoms with van der Waals surface area (Å²) in [7, 11) is 0. The molecule has 2 aromatic rings. The Morgan fingerprint density at radius 3 is 3.20 bits per heavy atom. The van der Waals surface area contributed by atoms with E-state index in [-0.39, 0.29) is 0 Å². The Kier molecular flexibility index (Phi) is 2.82. The Morgan fingerprint density at radius 1 is 1.53 bits per heavy atom. The smallest absolute Gasteiger partial charge is 0.404 e. The summed E-state index contributed by atoms with van der Waals surface area (Å²) in [6.45, 7) is 0.444. The number of rotatable bonds is 3. The average molecular weight is 222 g/mol. The minimum absolute atomic E-state index is 0.444. The standard InChI is InChI=1S/C10H10N2O2S/c13-10(14)11-4-3-7-1-2-8-9(5-7)15-6-12-8/h1-2,5-6,11H,3-4H2,(H,13,14). The number of nitrogens with one attached hydrogen (secondary N) is 1. The van der Waals surface area contributed by atoms with Crippen LogP contribution in [0.4, 0.5) is 4.79 Å². The Morgan fingerprint density at radius 2 is 2.40 bits per heavy atom. The molecule has 0 fully saturated rings. The lowest BCUT2D eigenvalue weighted by Gasteiger charge is -2.01. The van der Waals surface area contributed by atoms with Gasteiger partial charge in [-0.3, -0.25) is 0 Å². The van der Waals surface area contributed by atoms with E-state index in [1.54, 1.807) is 11.3 Å². The van der Waals surface area contributed by atoms with Gasteiger partial charge < -0.3 is 10.4 Å². The van der Waals surface area contributed by atoms with E-state index in [0.29, 0.717) is 13.0 Å². The van der Waals surface area contributed by atoms with Crippen molar-refractivity contribution in [3.63, 3.8) is 0 Å². The monoisotopic (exact) mass is 222 g/mol. The lowest BCUT2D eigenvalue weighted by molar-refractivity contribution is 0.194. The van der Waals surface area contributed by atoms with Gasteiger partial charge in [-0.15, -0.1) is 11.3 Å². The number of carbonyl (C=O) groups is 1. The average Bonchev–Trinajstić information content (AvgIpc) is 2.64. The van der Waals surface area contributed by atoms with Crippen LogP contribution in [-0.4, -0.2) is 22.7 Å². The molecule has 2 rings (SSSR count). The number of amides is 1. The van der Waals surface area contributed by atoms with Crippen molar-refractivity contribution in [1.82, 2.24) is 10.3 Å². The highest BCUT2D eigenvalue weighted by Gasteiger charge is 1.99. The second kappa shape index (κ2) is 4.27. The summed E-state index contributed by atoms with van der Waals surface area (Å²) in [5, 5.41) is 10.8. The van der Waals surface area contributed by atoms with Gasteiger partial charge in [0.1, 0.15) is 0 Å². The largest absolute Gasteiger partial charge is 0.465 e. The van der Waals surface area contributed by atoms with Crippen LogP contribution < -0.4 is 5.32 Å². The normalized spacial score (nSPS) is 10.4. The molecule has 0 aliphatic rings. The number of nitrogens with zero attached hydrogens (tertiary/aromatic N) is 1. The number of hydrogen-bond acceptors (Lipinski definition) is 3. The predicted molar refractivity (Wildman–Crippen MR) is 59.4 cm³/mol. The highest BCUT2D eigenvalue weighted by molar-refractivity contribution is 7.16. The third-order valence-corrected chi connectivity index (χ3v) is 2.88. The molecule has 0 saturated heterocycles. The summed E-state index contributed by atoms with van der Waals surface area (Å²) in [6, 6.07) is 5.99. The molecule has 78 valence electrons. The van der Waals surface area contributed by atoms with Crippen LogP contribution >= 0.6 is 11.3 Å². The van der Waals surface area contributed by atoms with Gasteiger partial charge in [0.05, 0.1) is 15.7 Å². The summed E-state index contributed by atoms with van der Waals surface area (Å²) in [5.41, 5.74) is 3.93. The van der Waals surface area contributed by atoms with E-state index in [1.165, 1.54) is 0 Å². The number of hydrogen-bond donors (Lipinski definition) is 2. The Hall–Kier alpha value is -1.62. The third kappa shape index (κ3) is 2.44. The summed E-state index contributed by atoms with van der Waals surface area (Å²) in [5.74, 6) is 0. The van der Waals surface area contributed by atoms with Crippen LogP contribution in [0.5, 0.6) is 0 Å². The topological polar surface area (TPSA) is 62.2 Å². The Bertz CT molecular complexity index is 481. The highest BCUT2D eigenvalue weighted by atomic mass is 32.1. The maximum atomic E-state index is 10.2. The SMILES string of the molecule is O=C(O)NCCc1ccc2ncsc2c1. The summed E-state index contributed by atoms with van der Waals surface area (Å²) >= 11 is 1.59. The van der Waals surface area contributed by atoms with E-state index < -0.39 is 6.09 Å². The second-order valence-electron chi connectivity index (χ2n) is 3.14. The lowest BCUT2D eigenvalue weighted by atomic mass is 10.1. The number of thiazole rings is 1. The number of aromatic nitrogens is 1. The summed E-state index contributed by atoms with van der Waals surface area (Å²) < 4.78 is 1.14. The van der Waals surface area contributed by atoms with Crippen LogP contribution in [0.2, 0.25) is 0 Å². The highest BCUT2D eigenvalue weighted by Crippen LogP contribution is 2.19. The van der Waals surface area contributed by atoms with E-state index in [0.717, 1.165) is 15.8 Å². The van der Waals surface area contributed by atoms with Crippen molar-refractivity contribution >= 4 is 27.6 Å². The molecule has 1 aromatic carbocycles. The summed E-state index contributed by atoms with van der Waals surface area (Å²) in [4.78, 5) is 14.4. The van der Waals surface area contributed by atoms with Crippen molar-refractivity contribution in [3.8, 4) is 0 Å². The molecule has 0 aliphatic heterocycles. The zero-order valence-corrected chi connectivity index (χ0v) is 8.75. The molecule has 1 aromatic heterocycles. The van der Waals surface area contributed by atoms with Crippen molar-refractivity contribution in [3.05, 3.63) is 29.3 Å². The third-order valence-electron chi connectivity index (χ3n) is 2.09. The van der Waals surface area contributed by atoms with Crippen molar-refractivity contribution in [2.75, 3.05) is 6.54 Å². The maximum absolute atomic E-state index is 10.2. The molecule has 0 atom stereocenters. The van der Waals surface area contributed by atoms with Gasteiger partial charge in [0.25, 0.3) is 0 Å². The zero-order valence-electron chi connectivity index (χ0n) is 7.93. The molecule has 0 aliphatic carbocycles. The molecule has 1 amide bonds. The fraction of sp³-hybridized carbons (Fsp3) is 0.200. The first kappa shape index (κ1) is 9.92. The molecule has 0 saturated carbocycles. The number of benzene rings is 1. The molecule has 0 bridgehead atoms. The van der Waals surface area contributed by atoms with Gasteiger partial charge in [-0.2, -0.15) is 0 Å². The minimum atomic E-state index is -0.978. The van der Waals surface area contributed by atoms with Crippen molar-refractivity contribution in [2.45, 2.75) is 6.42 Å². The van der Waals surface area contributed by atoms with Crippen LogP contribution in [0, 0.1) is 0 Å². The molecule has 2 N–H and O–H groups in total. The van der Waals surface area contributed by atoms with E-state index in [2.05, 4.69) is 16.4 Å². The number of carboxylic acid groups (broad SMARTS) is 1. The maximum Gasteiger partial charge on any atom is 0.404 e. The molecule has 0 spiro atoms. The predicted octanol–water partition coefficient (Wildman–Crippen LogP) is 2.11. The van der Waals surface area contributed by atoms with Crippen molar-refractivity contribution in [1.29, 1.82) is 0 Å². The van der Waals surface area contributed by atoms with E-state index in [1.807, 2.05) is 17.6 Å². The molecule has 15 heavy (non-hydrogen) atoms. The molecule has 1 heterocycles. The second-order valence-corrected chi connectivity index (χ2v) is 4.02. The zero-order chi connectivity index (χ0) is 10.7. The van der Waals surface area contributed by atoms with Gasteiger partial charge in [0.15, 0.2) is 0 Å². The molecule has 5 heteroatoms. The molecule has 4 nitrogen and oxygen atoms in total. The van der Waals surface area contributed by atoms with Gasteiger partial charge in [-0.05, 0) is 24.1 Å². The van der Waals surface area contributed by atoms with Gasteiger partial charge in [-0.1, -0.05) is 6.07 Å². The van der Waals surface area contributed by atoms with E-state index >= 15 is 0 Å². The van der Waals surface area contributed by atoms with E-state index in [4.69, 9.17) is 5.11 Å². The van der Waals surface area contributed by atoms with Crippen molar-refractivity contribution < 1.29 is 9.90 Å². The molecular formula is C10H10N2O2S. The fourth-order valence-electron chi connectivity index (χ4n) is 1.37. The van der Waals surface area contributed by atoms with Crippen LogP contribution in [0.25, 0.3) is 10.2 Å². The lowest BCUT2D eigenvalue weighted by Crippen LogP contribution is -2.23. The first-order chi connectivity index (χ1) is 7.25. The Labute approximate surface area is 90.6 Å². The quantitative estimate of drug-likeness (QED) is 0.836. The van der Waals surface area contributed by atoms with Gasteiger partial charge in [0, 0.05) is 6.54 Å². The number of fused-ring (bicyclic) bond motifs is 1. The van der Waals surface area contributed by atoms with Gasteiger partial charge in [0.2, 0.25) is 0 Å². The fourth-order valence-corrected chi connectivity index (χ4v) is 2.11. The minimum Gasteiger partial charge on any atom is -0.465 e. The molecular weight excluding hydrogens is 212 g/mol. The summed E-state index contributed by atoms with van der Waals surface area (Å²) in [6.07, 6.45) is -0.269. The van der Waals surface area contributed by atoms with Gasteiger partial charge >= 0.3 is 6.09 Å². The Balaban J connectivity index is 2.04. The van der Waals surface area contributed by atoms with E-state index in [9.17, 15) is 4.79 Å². The molecule has 0 radical (unpaired) electrons. The van der Waals surface area contributed by atoms with Crippen LogP contribution in [0.15, 0.2) is 23.7 Å².